The number of hydrogen-bond acceptors (Lipinski definition) is 4. The molecule has 1 fully saturated rings. The van der Waals surface area contributed by atoms with E-state index in [9.17, 15) is 10.1 Å². The fourth-order valence-corrected chi connectivity index (χ4v) is 3.75. The van der Waals surface area contributed by atoms with E-state index < -0.39 is 6.09 Å². The Morgan fingerprint density at radius 1 is 1.38 bits per heavy atom. The van der Waals surface area contributed by atoms with Crippen molar-refractivity contribution in [2.45, 2.75) is 13.5 Å². The van der Waals surface area contributed by atoms with E-state index in [1.54, 1.807) is 0 Å². The van der Waals surface area contributed by atoms with Gasteiger partial charge in [0.05, 0.1) is 15.6 Å². The van der Waals surface area contributed by atoms with Crippen LogP contribution in [0.3, 0.4) is 0 Å². The van der Waals surface area contributed by atoms with Crippen molar-refractivity contribution in [1.29, 1.82) is 5.26 Å². The number of benzene rings is 1. The number of fused-ring (bicyclic) bond motifs is 1. The number of aromatic nitrogens is 2. The molecule has 1 aliphatic heterocycles. The number of halogens is 2. The van der Waals surface area contributed by atoms with Crippen molar-refractivity contribution < 1.29 is 9.90 Å². The number of amides is 1. The Morgan fingerprint density at radius 3 is 2.58 bits per heavy atom. The lowest BCUT2D eigenvalue weighted by Gasteiger charge is -2.33. The van der Waals surface area contributed by atoms with Crippen molar-refractivity contribution in [3.05, 3.63) is 20.6 Å². The van der Waals surface area contributed by atoms with Gasteiger partial charge in [0.1, 0.15) is 11.6 Å². The van der Waals surface area contributed by atoms with E-state index in [0.717, 1.165) is 15.9 Å². The SMILES string of the molecule is CCn1c(N2CCN(C(=O)O)CC2)nc2c(C#N)c(Br)c(Br)cc21. The molecule has 1 N–H and O–H groups in total. The zero-order chi connectivity index (χ0) is 17.4. The van der Waals surface area contributed by atoms with Crippen molar-refractivity contribution in [2.24, 2.45) is 0 Å². The molecule has 0 bridgehead atoms. The van der Waals surface area contributed by atoms with Crippen molar-refractivity contribution >= 4 is 54.9 Å². The van der Waals surface area contributed by atoms with E-state index in [4.69, 9.17) is 10.1 Å². The Balaban J connectivity index is 2.07. The summed E-state index contributed by atoms with van der Waals surface area (Å²) in [6.45, 7) is 4.80. The third-order valence-electron chi connectivity index (χ3n) is 4.18. The minimum absolute atomic E-state index is 0.445. The third kappa shape index (κ3) is 2.74. The van der Waals surface area contributed by atoms with E-state index in [0.29, 0.717) is 48.3 Å². The molecule has 1 aromatic carbocycles. The van der Waals surface area contributed by atoms with Crippen LogP contribution in [0.2, 0.25) is 0 Å². The largest absolute Gasteiger partial charge is 0.465 e. The van der Waals surface area contributed by atoms with E-state index in [1.165, 1.54) is 4.90 Å². The van der Waals surface area contributed by atoms with Gasteiger partial charge < -0.3 is 19.5 Å². The molecule has 9 heteroatoms. The van der Waals surface area contributed by atoms with E-state index in [-0.39, 0.29) is 0 Å². The van der Waals surface area contributed by atoms with Gasteiger partial charge in [-0.25, -0.2) is 9.78 Å². The maximum absolute atomic E-state index is 11.1. The van der Waals surface area contributed by atoms with Crippen LogP contribution in [-0.4, -0.2) is 51.8 Å². The summed E-state index contributed by atoms with van der Waals surface area (Å²) < 4.78 is 3.56. The molecular weight excluding hydrogens is 442 g/mol. The molecule has 2 heterocycles. The van der Waals surface area contributed by atoms with Gasteiger partial charge in [0.15, 0.2) is 0 Å². The Hall–Kier alpha value is -1.79. The number of nitriles is 1. The summed E-state index contributed by atoms with van der Waals surface area (Å²) in [6, 6.07) is 4.16. The molecule has 1 saturated heterocycles. The second kappa shape index (κ2) is 6.61. The van der Waals surface area contributed by atoms with Gasteiger partial charge in [-0.2, -0.15) is 5.26 Å². The van der Waals surface area contributed by atoms with Crippen LogP contribution in [0, 0.1) is 11.3 Å². The van der Waals surface area contributed by atoms with Crippen LogP contribution in [0.4, 0.5) is 10.7 Å². The third-order valence-corrected chi connectivity index (χ3v) is 6.16. The highest BCUT2D eigenvalue weighted by molar-refractivity contribution is 9.13. The maximum atomic E-state index is 11.1. The standard InChI is InChI=1S/C15H15Br2N5O2/c1-2-22-11-7-10(16)12(17)9(8-18)13(11)19-14(22)20-3-5-21(6-4-20)15(23)24/h7H,2-6H2,1H3,(H,23,24). The predicted molar refractivity (Wildman–Crippen MR) is 97.3 cm³/mol. The van der Waals surface area contributed by atoms with Gasteiger partial charge in [-0.15, -0.1) is 0 Å². The first-order valence-corrected chi connectivity index (χ1v) is 9.07. The number of rotatable bonds is 2. The van der Waals surface area contributed by atoms with Crippen LogP contribution in [0.1, 0.15) is 12.5 Å². The number of piperazine rings is 1. The molecule has 126 valence electrons. The first-order chi connectivity index (χ1) is 11.5. The molecule has 0 atom stereocenters. The highest BCUT2D eigenvalue weighted by atomic mass is 79.9. The Kier molecular flexibility index (Phi) is 4.69. The highest BCUT2D eigenvalue weighted by Gasteiger charge is 2.25. The quantitative estimate of drug-likeness (QED) is 0.749. The van der Waals surface area contributed by atoms with Gasteiger partial charge in [0, 0.05) is 37.2 Å². The minimum Gasteiger partial charge on any atom is -0.465 e. The minimum atomic E-state index is -0.890. The first kappa shape index (κ1) is 17.0. The van der Waals surface area contributed by atoms with Gasteiger partial charge in [-0.05, 0) is 44.8 Å². The Morgan fingerprint density at radius 2 is 2.04 bits per heavy atom. The molecule has 2 aromatic rings. The zero-order valence-corrected chi connectivity index (χ0v) is 16.1. The molecule has 0 radical (unpaired) electrons. The van der Waals surface area contributed by atoms with Gasteiger partial charge in [0.2, 0.25) is 5.95 Å². The normalized spacial score (nSPS) is 14.9. The molecule has 0 saturated carbocycles. The van der Waals surface area contributed by atoms with E-state index in [1.807, 2.05) is 13.0 Å². The number of anilines is 1. The number of hydrogen-bond donors (Lipinski definition) is 1. The summed E-state index contributed by atoms with van der Waals surface area (Å²) >= 11 is 6.91. The van der Waals surface area contributed by atoms with Crippen LogP contribution in [-0.2, 0) is 6.54 Å². The summed E-state index contributed by atoms with van der Waals surface area (Å²) in [4.78, 5) is 19.2. The van der Waals surface area contributed by atoms with Crippen LogP contribution in [0.5, 0.6) is 0 Å². The summed E-state index contributed by atoms with van der Waals surface area (Å²) in [5, 5.41) is 18.6. The fourth-order valence-electron chi connectivity index (χ4n) is 2.94. The number of carboxylic acid groups (broad SMARTS) is 1. The van der Waals surface area contributed by atoms with Crippen LogP contribution in [0.15, 0.2) is 15.0 Å². The number of nitrogens with zero attached hydrogens (tertiary/aromatic N) is 5. The van der Waals surface area contributed by atoms with Crippen molar-refractivity contribution in [3.63, 3.8) is 0 Å². The molecule has 0 aliphatic carbocycles. The molecule has 1 aromatic heterocycles. The molecule has 1 amide bonds. The molecule has 24 heavy (non-hydrogen) atoms. The first-order valence-electron chi connectivity index (χ1n) is 7.49. The highest BCUT2D eigenvalue weighted by Crippen LogP contribution is 2.35. The summed E-state index contributed by atoms with van der Waals surface area (Å²) in [7, 11) is 0. The van der Waals surface area contributed by atoms with Crippen molar-refractivity contribution in [2.75, 3.05) is 31.1 Å². The summed E-state index contributed by atoms with van der Waals surface area (Å²) in [5.41, 5.74) is 2.04. The number of carbonyl (C=O) groups is 1. The molecule has 0 spiro atoms. The van der Waals surface area contributed by atoms with E-state index >= 15 is 0 Å². The monoisotopic (exact) mass is 455 g/mol. The molecule has 1 aliphatic rings. The smallest absolute Gasteiger partial charge is 0.407 e. The van der Waals surface area contributed by atoms with Crippen LogP contribution < -0.4 is 4.90 Å². The molecule has 0 unspecified atom stereocenters. The van der Waals surface area contributed by atoms with Crippen molar-refractivity contribution in [3.8, 4) is 6.07 Å². The molecular formula is C15H15Br2N5O2. The predicted octanol–water partition coefficient (Wildman–Crippen LogP) is 3.25. The zero-order valence-electron chi connectivity index (χ0n) is 13.0. The maximum Gasteiger partial charge on any atom is 0.407 e. The summed E-state index contributed by atoms with van der Waals surface area (Å²) in [5.74, 6) is 0.777. The van der Waals surface area contributed by atoms with Gasteiger partial charge in [0.25, 0.3) is 0 Å². The Bertz CT molecular complexity index is 850. The molecule has 7 nitrogen and oxygen atoms in total. The van der Waals surface area contributed by atoms with Gasteiger partial charge >= 0.3 is 6.09 Å². The van der Waals surface area contributed by atoms with Crippen molar-refractivity contribution in [1.82, 2.24) is 14.5 Å². The summed E-state index contributed by atoms with van der Waals surface area (Å²) in [6.07, 6.45) is -0.890. The average molecular weight is 457 g/mol. The number of imidazole rings is 1. The van der Waals surface area contributed by atoms with Gasteiger partial charge in [-0.3, -0.25) is 0 Å². The lowest BCUT2D eigenvalue weighted by atomic mass is 10.2. The Labute approximate surface area is 155 Å². The second-order valence-electron chi connectivity index (χ2n) is 5.44. The lowest BCUT2D eigenvalue weighted by Crippen LogP contribution is -2.49. The van der Waals surface area contributed by atoms with Crippen LogP contribution in [0.25, 0.3) is 11.0 Å². The second-order valence-corrected chi connectivity index (χ2v) is 7.09. The topological polar surface area (TPSA) is 85.4 Å². The fraction of sp³-hybridized carbons (Fsp3) is 0.400. The lowest BCUT2D eigenvalue weighted by molar-refractivity contribution is 0.142. The molecule has 3 rings (SSSR count). The number of aryl methyl sites for hydroxylation is 1. The van der Waals surface area contributed by atoms with E-state index in [2.05, 4.69) is 47.4 Å². The van der Waals surface area contributed by atoms with Crippen LogP contribution >= 0.6 is 31.9 Å². The average Bonchev–Trinajstić information content (AvgIpc) is 2.94. The van der Waals surface area contributed by atoms with Gasteiger partial charge in [-0.1, -0.05) is 0 Å².